The number of thioether (sulfide) groups is 1. The highest BCUT2D eigenvalue weighted by atomic mass is 32.2. The number of carboxylic acid groups (broad SMARTS) is 1. The molecule has 26 heavy (non-hydrogen) atoms. The number of carbonyl (C=O) groups is 1. The van der Waals surface area contributed by atoms with Gasteiger partial charge in [-0.05, 0) is 24.3 Å². The lowest BCUT2D eigenvalue weighted by Gasteiger charge is -2.15. The van der Waals surface area contributed by atoms with Gasteiger partial charge in [0.2, 0.25) is 0 Å². The number of ether oxygens (including phenoxy) is 2. The van der Waals surface area contributed by atoms with Crippen LogP contribution >= 0.6 is 11.8 Å². The van der Waals surface area contributed by atoms with Gasteiger partial charge in [0.05, 0.1) is 19.8 Å². The van der Waals surface area contributed by atoms with Crippen molar-refractivity contribution in [3.05, 3.63) is 59.7 Å². The number of rotatable bonds is 6. The van der Waals surface area contributed by atoms with Crippen molar-refractivity contribution in [2.75, 3.05) is 14.2 Å². The minimum atomic E-state index is -4.60. The Labute approximate surface area is 152 Å². The minimum Gasteiger partial charge on any atom is -0.493 e. The number of hydrogen-bond acceptors (Lipinski definition) is 4. The van der Waals surface area contributed by atoms with Gasteiger partial charge in [-0.1, -0.05) is 30.0 Å². The molecule has 0 unspecified atom stereocenters. The summed E-state index contributed by atoms with van der Waals surface area (Å²) in [5, 5.41) is 9.08. The lowest BCUT2D eigenvalue weighted by atomic mass is 10.1. The maximum absolute atomic E-state index is 13.3. The molecule has 0 atom stereocenters. The van der Waals surface area contributed by atoms with Crippen molar-refractivity contribution >= 4 is 22.6 Å². The maximum atomic E-state index is 13.3. The van der Waals surface area contributed by atoms with Gasteiger partial charge >= 0.3 is 12.1 Å². The van der Waals surface area contributed by atoms with E-state index in [1.807, 2.05) is 0 Å². The summed E-state index contributed by atoms with van der Waals surface area (Å²) in [4.78, 5) is 11.6. The van der Waals surface area contributed by atoms with Crippen LogP contribution in [-0.2, 0) is 11.0 Å². The van der Waals surface area contributed by atoms with Gasteiger partial charge in [0, 0.05) is 21.4 Å². The van der Waals surface area contributed by atoms with Gasteiger partial charge in [-0.15, -0.1) is 0 Å². The predicted molar refractivity (Wildman–Crippen MR) is 92.5 cm³/mol. The summed E-state index contributed by atoms with van der Waals surface area (Å²) in [5.41, 5.74) is -1.11. The van der Waals surface area contributed by atoms with Crippen LogP contribution in [0.3, 0.4) is 0 Å². The molecule has 0 aromatic heterocycles. The van der Waals surface area contributed by atoms with E-state index in [1.54, 1.807) is 18.2 Å². The summed E-state index contributed by atoms with van der Waals surface area (Å²) in [6, 6.07) is 9.61. The largest absolute Gasteiger partial charge is 0.493 e. The lowest BCUT2D eigenvalue weighted by Crippen LogP contribution is -2.08. The molecular formula is C18H15F3O4S. The maximum Gasteiger partial charge on any atom is 0.417 e. The normalized spacial score (nSPS) is 12.0. The first-order valence-electron chi connectivity index (χ1n) is 7.27. The summed E-state index contributed by atoms with van der Waals surface area (Å²) < 4.78 is 50.1. The van der Waals surface area contributed by atoms with Crippen LogP contribution in [0.5, 0.6) is 11.5 Å². The average Bonchev–Trinajstić information content (AvgIpc) is 2.60. The van der Waals surface area contributed by atoms with E-state index in [4.69, 9.17) is 14.6 Å². The summed E-state index contributed by atoms with van der Waals surface area (Å²) in [6.07, 6.45) is -3.85. The Morgan fingerprint density at radius 1 is 1.08 bits per heavy atom. The first kappa shape index (κ1) is 19.7. The topological polar surface area (TPSA) is 55.8 Å². The lowest BCUT2D eigenvalue weighted by molar-refractivity contribution is -0.138. The van der Waals surface area contributed by atoms with Crippen LogP contribution in [-0.4, -0.2) is 25.3 Å². The third kappa shape index (κ3) is 4.72. The Kier molecular flexibility index (Phi) is 6.20. The van der Waals surface area contributed by atoms with E-state index in [-0.39, 0.29) is 10.5 Å². The zero-order valence-electron chi connectivity index (χ0n) is 13.8. The highest BCUT2D eigenvalue weighted by molar-refractivity contribution is 8.08. The van der Waals surface area contributed by atoms with Crippen molar-refractivity contribution in [2.45, 2.75) is 11.1 Å². The van der Waals surface area contributed by atoms with E-state index in [0.29, 0.717) is 16.4 Å². The van der Waals surface area contributed by atoms with Gasteiger partial charge in [-0.25, -0.2) is 4.79 Å². The first-order valence-corrected chi connectivity index (χ1v) is 8.09. The SMILES string of the molecule is COc1ccc(S/C(=C\C(=O)O)c2ccccc2C(F)(F)F)cc1OC. The monoisotopic (exact) mass is 384 g/mol. The highest BCUT2D eigenvalue weighted by Gasteiger charge is 2.34. The molecule has 8 heteroatoms. The quantitative estimate of drug-likeness (QED) is 0.565. The fourth-order valence-electron chi connectivity index (χ4n) is 2.23. The average molecular weight is 384 g/mol. The van der Waals surface area contributed by atoms with Crippen molar-refractivity contribution in [3.63, 3.8) is 0 Å². The Morgan fingerprint density at radius 3 is 2.31 bits per heavy atom. The number of hydrogen-bond donors (Lipinski definition) is 1. The molecule has 0 bridgehead atoms. The smallest absolute Gasteiger partial charge is 0.417 e. The second-order valence-electron chi connectivity index (χ2n) is 5.01. The van der Waals surface area contributed by atoms with E-state index >= 15 is 0 Å². The molecule has 0 fully saturated rings. The molecule has 0 aliphatic rings. The Balaban J connectivity index is 2.51. The van der Waals surface area contributed by atoms with Crippen molar-refractivity contribution < 1.29 is 32.5 Å². The number of carboxylic acids is 1. The van der Waals surface area contributed by atoms with Crippen LogP contribution in [0.2, 0.25) is 0 Å². The van der Waals surface area contributed by atoms with Crippen molar-refractivity contribution in [1.29, 1.82) is 0 Å². The van der Waals surface area contributed by atoms with Gasteiger partial charge in [0.15, 0.2) is 11.5 Å². The molecule has 4 nitrogen and oxygen atoms in total. The molecule has 138 valence electrons. The van der Waals surface area contributed by atoms with Gasteiger partial charge in [-0.3, -0.25) is 0 Å². The third-order valence-corrected chi connectivity index (χ3v) is 4.38. The molecule has 0 saturated carbocycles. The molecule has 0 radical (unpaired) electrons. The minimum absolute atomic E-state index is 0.0438. The summed E-state index contributed by atoms with van der Waals surface area (Å²) in [6.45, 7) is 0. The summed E-state index contributed by atoms with van der Waals surface area (Å²) in [7, 11) is 2.89. The zero-order valence-corrected chi connectivity index (χ0v) is 14.6. The van der Waals surface area contributed by atoms with Crippen molar-refractivity contribution in [1.82, 2.24) is 0 Å². The molecule has 0 amide bonds. The predicted octanol–water partition coefficient (Wildman–Crippen LogP) is 4.94. The van der Waals surface area contributed by atoms with Gasteiger partial charge in [0.25, 0.3) is 0 Å². The molecular weight excluding hydrogens is 369 g/mol. The first-order chi connectivity index (χ1) is 12.3. The van der Waals surface area contributed by atoms with Gasteiger partial charge in [-0.2, -0.15) is 13.2 Å². The van der Waals surface area contributed by atoms with Crippen molar-refractivity contribution in [3.8, 4) is 11.5 Å². The fourth-order valence-corrected chi connectivity index (χ4v) is 3.23. The molecule has 2 aromatic rings. The van der Waals surface area contributed by atoms with E-state index in [9.17, 15) is 18.0 Å². The number of aliphatic carboxylic acids is 1. The van der Waals surface area contributed by atoms with Crippen LogP contribution in [0, 0.1) is 0 Å². The van der Waals surface area contributed by atoms with Crippen LogP contribution in [0.4, 0.5) is 13.2 Å². The van der Waals surface area contributed by atoms with Gasteiger partial charge in [0.1, 0.15) is 0 Å². The molecule has 0 heterocycles. The molecule has 0 spiro atoms. The Bertz CT molecular complexity index is 831. The molecule has 1 N–H and O–H groups in total. The number of benzene rings is 2. The molecule has 0 aliphatic carbocycles. The van der Waals surface area contributed by atoms with Gasteiger partial charge < -0.3 is 14.6 Å². The van der Waals surface area contributed by atoms with Crippen LogP contribution in [0.1, 0.15) is 11.1 Å². The highest BCUT2D eigenvalue weighted by Crippen LogP contribution is 2.42. The standard InChI is InChI=1S/C18H15F3O4S/c1-24-14-8-7-11(9-15(14)25-2)26-16(10-17(22)23)12-5-3-4-6-13(12)18(19,20)21/h3-10H,1-2H3,(H,22,23)/b16-10-. The summed E-state index contributed by atoms with van der Waals surface area (Å²) >= 11 is 0.894. The van der Waals surface area contributed by atoms with Crippen LogP contribution < -0.4 is 9.47 Å². The Morgan fingerprint density at radius 2 is 1.73 bits per heavy atom. The molecule has 2 rings (SSSR count). The van der Waals surface area contributed by atoms with E-state index in [1.165, 1.54) is 32.4 Å². The molecule has 2 aromatic carbocycles. The van der Waals surface area contributed by atoms with Crippen LogP contribution in [0.15, 0.2) is 53.4 Å². The zero-order chi connectivity index (χ0) is 19.3. The number of methoxy groups -OCH3 is 2. The second-order valence-corrected chi connectivity index (χ2v) is 6.12. The van der Waals surface area contributed by atoms with E-state index in [2.05, 4.69) is 0 Å². The number of alkyl halides is 3. The second kappa shape index (κ2) is 8.18. The van der Waals surface area contributed by atoms with E-state index < -0.39 is 17.7 Å². The molecule has 0 saturated heterocycles. The Hall–Kier alpha value is -2.61. The fraction of sp³-hybridized carbons (Fsp3) is 0.167. The van der Waals surface area contributed by atoms with Crippen molar-refractivity contribution in [2.24, 2.45) is 0 Å². The number of halogens is 3. The van der Waals surface area contributed by atoms with Crippen LogP contribution in [0.25, 0.3) is 4.91 Å². The third-order valence-electron chi connectivity index (χ3n) is 3.34. The summed E-state index contributed by atoms with van der Waals surface area (Å²) in [5.74, 6) is -0.502. The van der Waals surface area contributed by atoms with E-state index in [0.717, 1.165) is 23.9 Å². The molecule has 0 aliphatic heterocycles.